The van der Waals surface area contributed by atoms with Gasteiger partial charge in [-0.05, 0) is 25.3 Å². The molecule has 0 heterocycles. The Morgan fingerprint density at radius 3 is 2.50 bits per heavy atom. The molecular weight excluding hydrogens is 280 g/mol. The zero-order valence-corrected chi connectivity index (χ0v) is 13.2. The van der Waals surface area contributed by atoms with Gasteiger partial charge in [-0.15, -0.1) is 0 Å². The zero-order valence-electron chi connectivity index (χ0n) is 13.2. The van der Waals surface area contributed by atoms with Gasteiger partial charge in [-0.3, -0.25) is 9.59 Å². The van der Waals surface area contributed by atoms with Gasteiger partial charge in [-0.25, -0.2) is 0 Å². The monoisotopic (exact) mass is 304 g/mol. The van der Waals surface area contributed by atoms with Crippen LogP contribution in [0, 0.1) is 5.92 Å². The number of carbonyl (C=O) groups excluding carboxylic acids is 2. The second kappa shape index (κ2) is 7.40. The highest BCUT2D eigenvalue weighted by Gasteiger charge is 2.37. The highest BCUT2D eigenvalue weighted by atomic mass is 16.5. The molecule has 0 spiro atoms. The minimum absolute atomic E-state index is 0.0171. The second-order valence-electron chi connectivity index (χ2n) is 5.73. The van der Waals surface area contributed by atoms with Crippen molar-refractivity contribution in [3.63, 3.8) is 0 Å². The Kier molecular flexibility index (Phi) is 5.55. The van der Waals surface area contributed by atoms with Crippen molar-refractivity contribution in [3.8, 4) is 0 Å². The average molecular weight is 304 g/mol. The maximum atomic E-state index is 12.7. The SMILES string of the molecule is CCOC(=O)CN(C(=O)C(C)C(N)c1ccccc1)C1CC1. The molecule has 1 saturated carbocycles. The van der Waals surface area contributed by atoms with E-state index in [0.717, 1.165) is 18.4 Å². The predicted octanol–water partition coefficient (Wildman–Crippen LogP) is 1.88. The van der Waals surface area contributed by atoms with Crippen LogP contribution in [0.1, 0.15) is 38.3 Å². The van der Waals surface area contributed by atoms with Gasteiger partial charge in [0, 0.05) is 12.1 Å². The van der Waals surface area contributed by atoms with Crippen molar-refractivity contribution >= 4 is 11.9 Å². The van der Waals surface area contributed by atoms with Crippen molar-refractivity contribution in [2.45, 2.75) is 38.8 Å². The van der Waals surface area contributed by atoms with Crippen LogP contribution in [0.4, 0.5) is 0 Å². The maximum absolute atomic E-state index is 12.7. The lowest BCUT2D eigenvalue weighted by Crippen LogP contribution is -2.43. The van der Waals surface area contributed by atoms with Crippen LogP contribution in [0.2, 0.25) is 0 Å². The van der Waals surface area contributed by atoms with Crippen LogP contribution in [0.25, 0.3) is 0 Å². The predicted molar refractivity (Wildman–Crippen MR) is 83.9 cm³/mol. The largest absolute Gasteiger partial charge is 0.465 e. The first-order valence-corrected chi connectivity index (χ1v) is 7.81. The molecule has 0 saturated heterocycles. The van der Waals surface area contributed by atoms with Gasteiger partial charge in [0.2, 0.25) is 5.91 Å². The van der Waals surface area contributed by atoms with Gasteiger partial charge in [0.05, 0.1) is 12.5 Å². The smallest absolute Gasteiger partial charge is 0.325 e. The molecule has 0 aliphatic heterocycles. The summed E-state index contributed by atoms with van der Waals surface area (Å²) >= 11 is 0. The Morgan fingerprint density at radius 2 is 1.95 bits per heavy atom. The molecule has 2 atom stereocenters. The fourth-order valence-electron chi connectivity index (χ4n) is 2.50. The van der Waals surface area contributed by atoms with Crippen LogP contribution >= 0.6 is 0 Å². The molecule has 1 aromatic carbocycles. The molecule has 1 aliphatic carbocycles. The molecule has 1 fully saturated rings. The standard InChI is InChI=1S/C17H24N2O3/c1-3-22-15(20)11-19(14-9-10-14)17(21)12(2)16(18)13-7-5-4-6-8-13/h4-8,12,14,16H,3,9-11,18H2,1-2H3. The first-order valence-electron chi connectivity index (χ1n) is 7.81. The van der Waals surface area contributed by atoms with Crippen molar-refractivity contribution in [2.24, 2.45) is 11.7 Å². The van der Waals surface area contributed by atoms with Crippen molar-refractivity contribution in [1.82, 2.24) is 4.90 Å². The van der Waals surface area contributed by atoms with Gasteiger partial charge >= 0.3 is 5.97 Å². The quantitative estimate of drug-likeness (QED) is 0.781. The van der Waals surface area contributed by atoms with E-state index in [1.54, 1.807) is 11.8 Å². The summed E-state index contributed by atoms with van der Waals surface area (Å²) < 4.78 is 4.96. The van der Waals surface area contributed by atoms with Crippen LogP contribution in [0.15, 0.2) is 30.3 Å². The Morgan fingerprint density at radius 1 is 1.32 bits per heavy atom. The average Bonchev–Trinajstić information content (AvgIpc) is 3.36. The third-order valence-electron chi connectivity index (χ3n) is 3.99. The summed E-state index contributed by atoms with van der Waals surface area (Å²) in [6.07, 6.45) is 1.89. The first-order chi connectivity index (χ1) is 10.5. The summed E-state index contributed by atoms with van der Waals surface area (Å²) in [7, 11) is 0. The number of hydrogen-bond donors (Lipinski definition) is 1. The minimum atomic E-state index is -0.378. The van der Waals surface area contributed by atoms with Crippen LogP contribution in [-0.4, -0.2) is 36.0 Å². The van der Waals surface area contributed by atoms with Crippen molar-refractivity contribution < 1.29 is 14.3 Å². The summed E-state index contributed by atoms with van der Waals surface area (Å²) in [4.78, 5) is 26.1. The molecule has 5 nitrogen and oxygen atoms in total. The van der Waals surface area contributed by atoms with Gasteiger partial charge in [-0.1, -0.05) is 37.3 Å². The number of rotatable bonds is 7. The molecule has 0 aromatic heterocycles. The van der Waals surface area contributed by atoms with Crippen molar-refractivity contribution in [1.29, 1.82) is 0 Å². The van der Waals surface area contributed by atoms with Gasteiger partial charge in [0.1, 0.15) is 6.54 Å². The summed E-state index contributed by atoms with van der Waals surface area (Å²) in [5.41, 5.74) is 7.15. The molecule has 2 N–H and O–H groups in total. The van der Waals surface area contributed by atoms with E-state index in [2.05, 4.69) is 0 Å². The fraction of sp³-hybridized carbons (Fsp3) is 0.529. The Hall–Kier alpha value is -1.88. The van der Waals surface area contributed by atoms with E-state index in [-0.39, 0.29) is 36.4 Å². The lowest BCUT2D eigenvalue weighted by molar-refractivity contribution is -0.150. The summed E-state index contributed by atoms with van der Waals surface area (Å²) in [6, 6.07) is 9.34. The number of benzene rings is 1. The highest BCUT2D eigenvalue weighted by molar-refractivity contribution is 5.84. The molecule has 120 valence electrons. The lowest BCUT2D eigenvalue weighted by atomic mass is 9.94. The molecule has 0 bridgehead atoms. The van der Waals surface area contributed by atoms with Crippen LogP contribution in [-0.2, 0) is 14.3 Å². The van der Waals surface area contributed by atoms with Crippen LogP contribution in [0.3, 0.4) is 0 Å². The van der Waals surface area contributed by atoms with Crippen molar-refractivity contribution in [2.75, 3.05) is 13.2 Å². The maximum Gasteiger partial charge on any atom is 0.325 e. The van der Waals surface area contributed by atoms with Crippen LogP contribution < -0.4 is 5.73 Å². The van der Waals surface area contributed by atoms with E-state index >= 15 is 0 Å². The third-order valence-corrected chi connectivity index (χ3v) is 3.99. The van der Waals surface area contributed by atoms with Crippen molar-refractivity contribution in [3.05, 3.63) is 35.9 Å². The molecule has 1 aromatic rings. The first kappa shape index (κ1) is 16.5. The topological polar surface area (TPSA) is 72.6 Å². The number of esters is 1. The van der Waals surface area contributed by atoms with E-state index in [0.29, 0.717) is 6.61 Å². The Bertz CT molecular complexity index is 514. The van der Waals surface area contributed by atoms with Gasteiger partial charge in [-0.2, -0.15) is 0 Å². The number of hydrogen-bond acceptors (Lipinski definition) is 4. The molecule has 2 unspecified atom stereocenters. The molecule has 1 amide bonds. The lowest BCUT2D eigenvalue weighted by Gasteiger charge is -2.28. The molecule has 0 radical (unpaired) electrons. The number of nitrogens with two attached hydrogens (primary N) is 1. The summed E-state index contributed by atoms with van der Waals surface area (Å²) in [5, 5.41) is 0. The molecular formula is C17H24N2O3. The van der Waals surface area contributed by atoms with Crippen LogP contribution in [0.5, 0.6) is 0 Å². The minimum Gasteiger partial charge on any atom is -0.465 e. The van der Waals surface area contributed by atoms with Gasteiger partial charge in [0.15, 0.2) is 0 Å². The molecule has 5 heteroatoms. The normalized spacial score (nSPS) is 16.7. The third kappa shape index (κ3) is 4.07. The van der Waals surface area contributed by atoms with Gasteiger partial charge < -0.3 is 15.4 Å². The van der Waals surface area contributed by atoms with Gasteiger partial charge in [0.25, 0.3) is 0 Å². The Labute approximate surface area is 131 Å². The van der Waals surface area contributed by atoms with E-state index in [1.807, 2.05) is 37.3 Å². The molecule has 1 aliphatic rings. The highest BCUT2D eigenvalue weighted by Crippen LogP contribution is 2.30. The van der Waals surface area contributed by atoms with E-state index in [1.165, 1.54) is 0 Å². The number of ether oxygens (including phenoxy) is 1. The van der Waals surface area contributed by atoms with E-state index in [9.17, 15) is 9.59 Å². The zero-order chi connectivity index (χ0) is 16.1. The summed E-state index contributed by atoms with van der Waals surface area (Å²) in [5.74, 6) is -0.812. The van der Waals surface area contributed by atoms with E-state index < -0.39 is 0 Å². The van der Waals surface area contributed by atoms with E-state index in [4.69, 9.17) is 10.5 Å². The molecule has 22 heavy (non-hydrogen) atoms. The number of nitrogens with zero attached hydrogens (tertiary/aromatic N) is 1. The number of amides is 1. The fourth-order valence-corrected chi connectivity index (χ4v) is 2.50. The Balaban J connectivity index is 2.04. The summed E-state index contributed by atoms with van der Waals surface area (Å²) in [6.45, 7) is 3.92. The molecule has 2 rings (SSSR count). The number of carbonyl (C=O) groups is 2. The second-order valence-corrected chi connectivity index (χ2v) is 5.73.